The summed E-state index contributed by atoms with van der Waals surface area (Å²) < 4.78 is 2.29. The Morgan fingerprint density at radius 2 is 1.12 bits per heavy atom. The van der Waals surface area contributed by atoms with Crippen molar-refractivity contribution in [3.8, 4) is 78.6 Å². The smallest absolute Gasteiger partial charge is 0.148 e. The Balaban J connectivity index is 0.00000608. The first-order chi connectivity index (χ1) is 31.3. The van der Waals surface area contributed by atoms with Gasteiger partial charge in [0.25, 0.3) is 0 Å². The topological polar surface area (TPSA) is 50.9 Å². The summed E-state index contributed by atoms with van der Waals surface area (Å²) in [5, 5.41) is 12.7. The minimum Gasteiger partial charge on any atom is -0.507 e. The van der Waals surface area contributed by atoms with Crippen LogP contribution in [0.4, 0.5) is 0 Å². The van der Waals surface area contributed by atoms with Crippen LogP contribution in [0.5, 0.6) is 5.75 Å². The average Bonchev–Trinajstić information content (AvgIpc) is 3.68. The van der Waals surface area contributed by atoms with Gasteiger partial charge in [-0.15, -0.1) is 29.3 Å². The number of para-hydroxylation sites is 1. The molecule has 0 unspecified atom stereocenters. The molecule has 340 valence electrons. The number of imidazole rings is 1. The van der Waals surface area contributed by atoms with Crippen molar-refractivity contribution in [3.05, 3.63) is 192 Å². The molecule has 5 heteroatoms. The predicted molar refractivity (Wildman–Crippen MR) is 278 cm³/mol. The summed E-state index contributed by atoms with van der Waals surface area (Å²) in [4.78, 5) is 10.7. The van der Waals surface area contributed by atoms with Gasteiger partial charge in [-0.2, -0.15) is 0 Å². The molecule has 0 atom stereocenters. The normalized spacial score (nSPS) is 12.0. The fourth-order valence-corrected chi connectivity index (χ4v) is 9.00. The van der Waals surface area contributed by atoms with Crippen LogP contribution in [-0.4, -0.2) is 19.6 Å². The molecule has 0 aliphatic rings. The fourth-order valence-electron chi connectivity index (χ4n) is 9.00. The molecular formula is C62H60N3OPt-. The van der Waals surface area contributed by atoms with Crippen molar-refractivity contribution in [3.63, 3.8) is 0 Å². The number of hydrogen-bond acceptors (Lipinski definition) is 3. The van der Waals surface area contributed by atoms with E-state index >= 15 is 0 Å². The fraction of sp³-hybridized carbons (Fsp3) is 0.226. The zero-order valence-electron chi connectivity index (χ0n) is 40.6. The summed E-state index contributed by atoms with van der Waals surface area (Å²) in [7, 11) is 0. The van der Waals surface area contributed by atoms with Crippen LogP contribution in [0.25, 0.3) is 83.9 Å². The number of pyridine rings is 1. The molecule has 0 amide bonds. The van der Waals surface area contributed by atoms with Crippen molar-refractivity contribution in [2.75, 3.05) is 0 Å². The molecule has 0 aliphatic carbocycles. The van der Waals surface area contributed by atoms with E-state index in [1.807, 2.05) is 6.20 Å². The first kappa shape index (κ1) is 47.2. The van der Waals surface area contributed by atoms with E-state index in [0.717, 1.165) is 83.6 Å². The maximum absolute atomic E-state index is 12.7. The summed E-state index contributed by atoms with van der Waals surface area (Å²) in [6.45, 7) is 24.3. The van der Waals surface area contributed by atoms with Crippen molar-refractivity contribution >= 4 is 11.0 Å². The molecule has 2 aromatic heterocycles. The van der Waals surface area contributed by atoms with E-state index in [1.54, 1.807) is 0 Å². The number of benzene rings is 7. The third kappa shape index (κ3) is 9.34. The van der Waals surface area contributed by atoms with Gasteiger partial charge in [0, 0.05) is 44.1 Å². The second kappa shape index (κ2) is 18.0. The maximum Gasteiger partial charge on any atom is 0.148 e. The summed E-state index contributed by atoms with van der Waals surface area (Å²) in [5.41, 5.74) is 18.7. The second-order valence-electron chi connectivity index (χ2n) is 21.0. The third-order valence-corrected chi connectivity index (χ3v) is 12.9. The average molecular weight is 1060 g/mol. The van der Waals surface area contributed by atoms with Crippen LogP contribution in [0.2, 0.25) is 0 Å². The largest absolute Gasteiger partial charge is 0.507 e. The monoisotopic (exact) mass is 1060 g/mol. The van der Waals surface area contributed by atoms with Crippen LogP contribution >= 0.6 is 0 Å². The molecule has 9 aromatic rings. The molecular weight excluding hydrogens is 998 g/mol. The molecule has 0 spiro atoms. The Bertz CT molecular complexity index is 3250. The molecule has 0 saturated heterocycles. The van der Waals surface area contributed by atoms with Gasteiger partial charge in [0.15, 0.2) is 0 Å². The van der Waals surface area contributed by atoms with E-state index in [-0.39, 0.29) is 43.1 Å². The Kier molecular flexibility index (Phi) is 12.7. The van der Waals surface area contributed by atoms with Gasteiger partial charge < -0.3 is 5.11 Å². The van der Waals surface area contributed by atoms with Crippen molar-refractivity contribution in [1.82, 2.24) is 14.5 Å². The van der Waals surface area contributed by atoms with E-state index < -0.39 is 0 Å². The number of aryl methyl sites for hydroxylation is 2. The number of aromatic hydroxyl groups is 1. The maximum atomic E-state index is 12.7. The number of hydrogen-bond donors (Lipinski definition) is 1. The molecule has 4 nitrogen and oxygen atoms in total. The molecule has 0 fully saturated rings. The summed E-state index contributed by atoms with van der Waals surface area (Å²) in [6, 6.07) is 57.9. The van der Waals surface area contributed by atoms with Gasteiger partial charge in [0.2, 0.25) is 0 Å². The number of rotatable bonds is 7. The van der Waals surface area contributed by atoms with Crippen LogP contribution in [0.3, 0.4) is 0 Å². The number of nitrogens with zero attached hydrogens (tertiary/aromatic N) is 3. The Hall–Kier alpha value is -6.35. The minimum atomic E-state index is -0.342. The summed E-state index contributed by atoms with van der Waals surface area (Å²) in [5.74, 6) is 0.916. The van der Waals surface area contributed by atoms with Gasteiger partial charge in [-0.1, -0.05) is 188 Å². The molecule has 0 radical (unpaired) electrons. The zero-order chi connectivity index (χ0) is 46.7. The minimum absolute atomic E-state index is 0. The molecule has 1 N–H and O–H groups in total. The van der Waals surface area contributed by atoms with E-state index in [2.05, 4.69) is 238 Å². The molecule has 0 bridgehead atoms. The SMILES string of the molecule is Cc1ccc(-c2ccnc(-c3[c-]c(-c4cccc5c4nc(-c4cc(C(C)(C)C)cc(C(C)(C)C)c4O)n5-c4cc(-c5ccccc5)c(C)cc4-c4ccccc4)cc(C(C)(C)C)c3)c2)cc1.[Pt]. The van der Waals surface area contributed by atoms with Crippen LogP contribution in [0, 0.1) is 19.9 Å². The zero-order valence-corrected chi connectivity index (χ0v) is 42.9. The van der Waals surface area contributed by atoms with E-state index in [9.17, 15) is 5.11 Å². The van der Waals surface area contributed by atoms with Gasteiger partial charge in [-0.05, 0) is 99.4 Å². The van der Waals surface area contributed by atoms with Gasteiger partial charge in [0.1, 0.15) is 11.6 Å². The molecule has 7 aromatic carbocycles. The Morgan fingerprint density at radius 3 is 1.75 bits per heavy atom. The van der Waals surface area contributed by atoms with Gasteiger partial charge >= 0.3 is 0 Å². The van der Waals surface area contributed by atoms with Crippen LogP contribution in [0.15, 0.2) is 158 Å². The first-order valence-corrected chi connectivity index (χ1v) is 23.1. The van der Waals surface area contributed by atoms with Crippen LogP contribution in [-0.2, 0) is 37.3 Å². The van der Waals surface area contributed by atoms with Gasteiger partial charge in [0.05, 0.1) is 22.3 Å². The number of phenols is 1. The van der Waals surface area contributed by atoms with Crippen molar-refractivity contribution in [2.45, 2.75) is 92.4 Å². The van der Waals surface area contributed by atoms with Crippen molar-refractivity contribution in [2.24, 2.45) is 0 Å². The number of aromatic nitrogens is 3. The number of fused-ring (bicyclic) bond motifs is 1. The quantitative estimate of drug-likeness (QED) is 0.162. The van der Waals surface area contributed by atoms with Gasteiger partial charge in [-0.25, -0.2) is 4.98 Å². The van der Waals surface area contributed by atoms with Crippen LogP contribution < -0.4 is 0 Å². The van der Waals surface area contributed by atoms with E-state index in [1.165, 1.54) is 16.7 Å². The van der Waals surface area contributed by atoms with Gasteiger partial charge in [-0.3, -0.25) is 9.55 Å². The van der Waals surface area contributed by atoms with Crippen molar-refractivity contribution < 1.29 is 26.2 Å². The summed E-state index contributed by atoms with van der Waals surface area (Å²) in [6.07, 6.45) is 1.90. The predicted octanol–water partition coefficient (Wildman–Crippen LogP) is 16.4. The molecule has 2 heterocycles. The first-order valence-electron chi connectivity index (χ1n) is 23.1. The molecule has 0 aliphatic heterocycles. The standard InChI is InChI=1S/C62H60N3O.Pt/c1-39-25-27-41(28-26-39)44-29-30-63-54(35-44)46-32-45(33-47(34-46)60(3,4)5)49-23-18-24-55-57(49)64-59(52-36-48(61(6,7)8)37-53(58(52)66)62(9,10)11)65(55)56-38-50(42-19-14-12-15-20-42)40(2)31-51(56)43-21-16-13-17-22-43;/h12-31,33-38,66H,1-11H3;/q-1;. The second-order valence-corrected chi connectivity index (χ2v) is 21.0. The summed E-state index contributed by atoms with van der Waals surface area (Å²) >= 11 is 0. The Labute approximate surface area is 412 Å². The molecule has 0 saturated carbocycles. The Morgan fingerprint density at radius 1 is 0.507 bits per heavy atom. The van der Waals surface area contributed by atoms with E-state index in [4.69, 9.17) is 9.97 Å². The molecule has 67 heavy (non-hydrogen) atoms. The molecule has 9 rings (SSSR count). The third-order valence-electron chi connectivity index (χ3n) is 12.9. The van der Waals surface area contributed by atoms with Crippen LogP contribution in [0.1, 0.15) is 90.1 Å². The number of phenolic OH excluding ortho intramolecular Hbond substituents is 1. The van der Waals surface area contributed by atoms with Crippen molar-refractivity contribution in [1.29, 1.82) is 0 Å². The van der Waals surface area contributed by atoms with E-state index in [0.29, 0.717) is 11.4 Å².